The topological polar surface area (TPSA) is 56.2 Å². The molecule has 26 heavy (non-hydrogen) atoms. The van der Waals surface area contributed by atoms with Crippen LogP contribution in [0.4, 0.5) is 0 Å². The van der Waals surface area contributed by atoms with Crippen LogP contribution in [-0.4, -0.2) is 71.5 Å². The number of piperazine rings is 1. The highest BCUT2D eigenvalue weighted by Crippen LogP contribution is 2.29. The normalized spacial score (nSPS) is 18.2. The third-order valence-corrected chi connectivity index (χ3v) is 6.08. The van der Waals surface area contributed by atoms with E-state index in [0.29, 0.717) is 5.46 Å². The first-order chi connectivity index (χ1) is 11.8. The zero-order valence-corrected chi connectivity index (χ0v) is 17.4. The van der Waals surface area contributed by atoms with Gasteiger partial charge in [0.2, 0.25) is 0 Å². The van der Waals surface area contributed by atoms with Gasteiger partial charge in [-0.3, -0.25) is 4.90 Å². The largest absolute Gasteiger partial charge is 0.491 e. The third kappa shape index (κ3) is 4.67. The second-order valence-electron chi connectivity index (χ2n) is 9.01. The minimum atomic E-state index is -1.07. The molecule has 0 saturated carbocycles. The van der Waals surface area contributed by atoms with Crippen molar-refractivity contribution >= 4 is 12.6 Å². The van der Waals surface area contributed by atoms with Crippen LogP contribution in [0.1, 0.15) is 47.1 Å². The molecule has 1 saturated heterocycles. The molecule has 1 aliphatic rings. The molecular weight excluding hydrogens is 327 g/mol. The average Bonchev–Trinajstić information content (AvgIpc) is 2.54. The molecule has 0 atom stereocenters. The van der Waals surface area contributed by atoms with Gasteiger partial charge in [0.05, 0.1) is 11.2 Å². The molecule has 0 radical (unpaired) electrons. The first-order valence-corrected chi connectivity index (χ1v) is 9.47. The monoisotopic (exact) mass is 362 g/mol. The molecule has 0 amide bonds. The highest BCUT2D eigenvalue weighted by molar-refractivity contribution is 6.60. The van der Waals surface area contributed by atoms with Crippen LogP contribution >= 0.6 is 0 Å². The van der Waals surface area contributed by atoms with Crippen LogP contribution in [0.2, 0.25) is 0 Å². The van der Waals surface area contributed by atoms with Gasteiger partial charge in [0.1, 0.15) is 0 Å². The third-order valence-electron chi connectivity index (χ3n) is 6.08. The molecule has 2 N–H and O–H groups in total. The van der Waals surface area contributed by atoms with Crippen LogP contribution in [-0.2, 0) is 10.2 Å². The van der Waals surface area contributed by atoms with E-state index in [1.807, 2.05) is 12.1 Å². The molecule has 1 heterocycles. The lowest BCUT2D eigenvalue weighted by molar-refractivity contribution is -0.0982. The SMILES string of the molecule is CN1CCN(C(C)(C)c2ccc(B(O)OC(C)(C)C(C)(C)O)cc2)CC1. The molecule has 0 bridgehead atoms. The smallest absolute Gasteiger partial charge is 0.423 e. The summed E-state index contributed by atoms with van der Waals surface area (Å²) in [7, 11) is 1.09. The molecule has 2 rings (SSSR count). The summed E-state index contributed by atoms with van der Waals surface area (Å²) in [6.07, 6.45) is 0. The predicted molar refractivity (Wildman–Crippen MR) is 108 cm³/mol. The summed E-state index contributed by atoms with van der Waals surface area (Å²) in [6.45, 7) is 15.7. The number of nitrogens with zero attached hydrogens (tertiary/aromatic N) is 2. The second kappa shape index (κ2) is 7.60. The fourth-order valence-corrected chi connectivity index (χ4v) is 3.09. The summed E-state index contributed by atoms with van der Waals surface area (Å²) in [4.78, 5) is 4.86. The standard InChI is InChI=1S/C20H35BN2O3/c1-18(2,23-14-12-22(7)13-15-23)16-8-10-17(11-9-16)21(25)26-20(5,6)19(3,4)24/h8-11,24-25H,12-15H2,1-7H3. The van der Waals surface area contributed by atoms with Gasteiger partial charge in [0.15, 0.2) is 0 Å². The Kier molecular flexibility index (Phi) is 6.25. The Morgan fingerprint density at radius 3 is 1.88 bits per heavy atom. The van der Waals surface area contributed by atoms with Gasteiger partial charge in [-0.2, -0.15) is 0 Å². The van der Waals surface area contributed by atoms with Crippen molar-refractivity contribution in [2.75, 3.05) is 33.2 Å². The molecule has 146 valence electrons. The summed E-state index contributed by atoms with van der Waals surface area (Å²) < 4.78 is 5.73. The lowest BCUT2D eigenvalue weighted by atomic mass is 9.75. The Morgan fingerprint density at radius 2 is 1.42 bits per heavy atom. The Balaban J connectivity index is 2.10. The minimum Gasteiger partial charge on any atom is -0.423 e. The zero-order valence-electron chi connectivity index (χ0n) is 17.4. The van der Waals surface area contributed by atoms with E-state index in [0.717, 1.165) is 26.2 Å². The maximum atomic E-state index is 10.4. The van der Waals surface area contributed by atoms with Crippen molar-refractivity contribution < 1.29 is 14.8 Å². The molecule has 0 unspecified atom stereocenters. The van der Waals surface area contributed by atoms with E-state index in [9.17, 15) is 10.1 Å². The number of benzene rings is 1. The first-order valence-electron chi connectivity index (χ1n) is 9.47. The fraction of sp³-hybridized carbons (Fsp3) is 0.700. The summed E-state index contributed by atoms with van der Waals surface area (Å²) in [6, 6.07) is 7.96. The maximum Gasteiger partial charge on any atom is 0.491 e. The molecule has 1 aliphatic heterocycles. The summed E-state index contributed by atoms with van der Waals surface area (Å²) >= 11 is 0. The fourth-order valence-electron chi connectivity index (χ4n) is 3.09. The molecule has 1 aromatic rings. The highest BCUT2D eigenvalue weighted by Gasteiger charge is 2.39. The van der Waals surface area contributed by atoms with Crippen LogP contribution in [0, 0.1) is 0 Å². The van der Waals surface area contributed by atoms with Crippen LogP contribution in [0.25, 0.3) is 0 Å². The predicted octanol–water partition coefficient (Wildman–Crippen LogP) is 1.42. The van der Waals surface area contributed by atoms with Gasteiger partial charge in [-0.1, -0.05) is 24.3 Å². The zero-order chi connectivity index (χ0) is 19.8. The van der Waals surface area contributed by atoms with E-state index >= 15 is 0 Å². The summed E-state index contributed by atoms with van der Waals surface area (Å²) in [5.41, 5.74) is -0.0700. The van der Waals surface area contributed by atoms with Gasteiger partial charge in [0.25, 0.3) is 0 Å². The van der Waals surface area contributed by atoms with Gasteiger partial charge in [-0.25, -0.2) is 0 Å². The van der Waals surface area contributed by atoms with E-state index in [-0.39, 0.29) is 5.54 Å². The van der Waals surface area contributed by atoms with E-state index in [4.69, 9.17) is 4.65 Å². The number of rotatable bonds is 6. The van der Waals surface area contributed by atoms with Gasteiger partial charge in [-0.15, -0.1) is 0 Å². The van der Waals surface area contributed by atoms with Gasteiger partial charge >= 0.3 is 7.12 Å². The Morgan fingerprint density at radius 1 is 0.923 bits per heavy atom. The molecule has 1 aromatic carbocycles. The summed E-state index contributed by atoms with van der Waals surface area (Å²) in [5.74, 6) is 0. The average molecular weight is 362 g/mol. The molecule has 0 aromatic heterocycles. The Hall–Kier alpha value is -0.915. The van der Waals surface area contributed by atoms with Crippen molar-refractivity contribution in [1.29, 1.82) is 0 Å². The molecule has 5 nitrogen and oxygen atoms in total. The number of hydrogen-bond donors (Lipinski definition) is 2. The second-order valence-corrected chi connectivity index (χ2v) is 9.01. The van der Waals surface area contributed by atoms with E-state index in [1.54, 1.807) is 27.7 Å². The van der Waals surface area contributed by atoms with Crippen molar-refractivity contribution in [2.24, 2.45) is 0 Å². The van der Waals surface area contributed by atoms with Crippen molar-refractivity contribution in [3.05, 3.63) is 29.8 Å². The van der Waals surface area contributed by atoms with Crippen molar-refractivity contribution in [2.45, 2.75) is 58.3 Å². The van der Waals surface area contributed by atoms with E-state index < -0.39 is 18.3 Å². The molecule has 0 spiro atoms. The van der Waals surface area contributed by atoms with Crippen molar-refractivity contribution in [1.82, 2.24) is 9.80 Å². The maximum absolute atomic E-state index is 10.4. The van der Waals surface area contributed by atoms with Crippen LogP contribution in [0.5, 0.6) is 0 Å². The van der Waals surface area contributed by atoms with Gasteiger partial charge in [0, 0.05) is 31.7 Å². The lowest BCUT2D eigenvalue weighted by Gasteiger charge is -2.43. The molecule has 0 aliphatic carbocycles. The number of aliphatic hydroxyl groups is 1. The Bertz CT molecular complexity index is 588. The summed E-state index contributed by atoms with van der Waals surface area (Å²) in [5, 5.41) is 20.7. The molecule has 1 fully saturated rings. The lowest BCUT2D eigenvalue weighted by Crippen LogP contribution is -2.53. The van der Waals surface area contributed by atoms with Gasteiger partial charge in [-0.05, 0) is 59.6 Å². The number of likely N-dealkylation sites (N-methyl/N-ethyl adjacent to an activating group) is 1. The highest BCUT2D eigenvalue weighted by atomic mass is 16.5. The van der Waals surface area contributed by atoms with Gasteiger partial charge < -0.3 is 19.7 Å². The van der Waals surface area contributed by atoms with E-state index in [1.165, 1.54) is 5.56 Å². The first kappa shape index (κ1) is 21.4. The van der Waals surface area contributed by atoms with Crippen LogP contribution < -0.4 is 5.46 Å². The van der Waals surface area contributed by atoms with Crippen LogP contribution in [0.3, 0.4) is 0 Å². The van der Waals surface area contributed by atoms with Crippen LogP contribution in [0.15, 0.2) is 24.3 Å². The van der Waals surface area contributed by atoms with Crippen molar-refractivity contribution in [3.8, 4) is 0 Å². The minimum absolute atomic E-state index is 0.0576. The molecule has 6 heteroatoms. The number of hydrogen-bond acceptors (Lipinski definition) is 5. The van der Waals surface area contributed by atoms with Crippen molar-refractivity contribution in [3.63, 3.8) is 0 Å². The Labute approximate surface area is 159 Å². The quantitative estimate of drug-likeness (QED) is 0.750. The van der Waals surface area contributed by atoms with E-state index in [2.05, 4.69) is 42.8 Å². The molecular formula is C20H35BN2O3.